The summed E-state index contributed by atoms with van der Waals surface area (Å²) in [5, 5.41) is 82.5. The number of rotatable bonds is 47. The van der Waals surface area contributed by atoms with E-state index in [1.807, 2.05) is 303 Å². The normalized spacial score (nSPS) is 28.2. The minimum Gasteiger partial charge on any atom is -0.394 e. The van der Waals surface area contributed by atoms with Crippen molar-refractivity contribution in [3.63, 3.8) is 0 Å². The highest BCUT2D eigenvalue weighted by Gasteiger charge is 2.61. The molecule has 5 fully saturated rings. The number of hydrogen-bond donors (Lipinski definition) is 7. The highest BCUT2D eigenvalue weighted by molar-refractivity contribution is 5.22. The first-order valence-corrected chi connectivity index (χ1v) is 42.9. The molecule has 5 aliphatic rings. The van der Waals surface area contributed by atoms with Gasteiger partial charge < -0.3 is 126 Å². The number of aliphatic hydroxyl groups excluding tert-OH is 7. The first-order valence-electron chi connectivity index (χ1n) is 42.9. The van der Waals surface area contributed by atoms with Gasteiger partial charge in [0, 0.05) is 0 Å². The van der Waals surface area contributed by atoms with Gasteiger partial charge in [-0.05, 0) is 55.6 Å². The minimum atomic E-state index is -1.74. The molecular formula is C100H112O26. The van der Waals surface area contributed by atoms with Gasteiger partial charge in [0.1, 0.15) is 122 Å². The van der Waals surface area contributed by atoms with Crippen LogP contribution in [0.5, 0.6) is 0 Å². The van der Waals surface area contributed by atoms with Gasteiger partial charge in [-0.15, -0.1) is 0 Å². The van der Waals surface area contributed by atoms with E-state index in [1.54, 1.807) is 0 Å². The standard InChI is InChI=1S/C100H112O26/c101-51-76(104)82-87(111-57-69-37-17-4-18-38-69)94(126-100-95(88(83(123-100)77(105)52-102)112-58-70-39-19-5-20-40-70)125-98-92(116-62-74-47-27-9-28-48-74)86(81(106)78(53-103)119-98)110-56-68-35-15-3-16-36-68)99(122-82)120-80(64-108-54-66-31-11-1-12-32-66)85-90(114-60-72-43-23-7-24-44-72)93(117-63-75-49-29-10-30-50-75)97(124-85)118-65-79(109-55-67-33-13-2-14-34-67)84-89(113-59-71-41-21-6-22-42-71)91(96(107)121-84)115-61-73-45-25-8-26-46-73/h1-50,76-107H,51-65H2/t76-,77-,78-,79-,80-,81-,82+,83+,84+,85+,86+,87+,88+,89+,90+,91-,92-,93-,94-,95-,96-,97-,98-,99-,100-/m1/s1. The molecule has 0 amide bonds. The quantitative estimate of drug-likeness (QED) is 0.0186. The van der Waals surface area contributed by atoms with Crippen molar-refractivity contribution < 1.29 is 126 Å². The first kappa shape index (κ1) is 91.9. The van der Waals surface area contributed by atoms with Gasteiger partial charge in [0.2, 0.25) is 0 Å². The maximum Gasteiger partial charge on any atom is 0.187 e. The zero-order valence-corrected chi connectivity index (χ0v) is 69.8. The molecule has 0 unspecified atom stereocenters. The predicted octanol–water partition coefficient (Wildman–Crippen LogP) is 10.3. The van der Waals surface area contributed by atoms with Crippen LogP contribution >= 0.6 is 0 Å². The van der Waals surface area contributed by atoms with E-state index in [4.69, 9.17) is 90.0 Å². The van der Waals surface area contributed by atoms with Crippen molar-refractivity contribution >= 4 is 0 Å². The summed E-state index contributed by atoms with van der Waals surface area (Å²) in [6.45, 7) is -2.86. The van der Waals surface area contributed by atoms with E-state index < -0.39 is 173 Å². The maximum absolute atomic E-state index is 12.3. The molecule has 0 radical (unpaired) electrons. The SMILES string of the molecule is OC[C@@H](O)[C@@H]1O[C@@H](O[C@H](COCc2ccccc2)[C@@H]2O[C@@H](OC[C@@H](OCc3ccccc3)[C@@H]3O[C@@H](O)[C@H](OCc4ccccc4)[C@H]3OCc3ccccc3)[C@H](OCc3ccccc3)[C@H]2OCc2ccccc2)[C@H](O[C@H]2O[C@@H]([C@H](O)CO)[C@H](OCc3ccccc3)[C@H]2O[C@H]2O[C@H](CO)[C@@H](O)[C@H](OCc3ccccc3)[C@H]2OCc2ccccc2)[C@H]1OCc1ccccc1. The fourth-order valence-electron chi connectivity index (χ4n) is 16.2. The minimum absolute atomic E-state index is 0.00364. The van der Waals surface area contributed by atoms with Gasteiger partial charge in [0.25, 0.3) is 0 Å². The predicted molar refractivity (Wildman–Crippen MR) is 457 cm³/mol. The second-order valence-electron chi connectivity index (χ2n) is 31.7. The molecule has 0 spiro atoms. The summed E-state index contributed by atoms with van der Waals surface area (Å²) in [7, 11) is 0. The molecule has 0 saturated carbocycles. The Hall–Kier alpha value is -8.84. The van der Waals surface area contributed by atoms with E-state index in [0.717, 1.165) is 44.5 Å². The van der Waals surface area contributed by atoms with Crippen molar-refractivity contribution in [1.82, 2.24) is 0 Å². The number of benzene rings is 10. The van der Waals surface area contributed by atoms with E-state index in [9.17, 15) is 35.7 Å². The molecule has 0 aliphatic carbocycles. The van der Waals surface area contributed by atoms with Crippen molar-refractivity contribution in [2.75, 3.05) is 33.0 Å². The van der Waals surface area contributed by atoms with E-state index in [0.29, 0.717) is 11.1 Å². The second-order valence-corrected chi connectivity index (χ2v) is 31.7. The maximum atomic E-state index is 12.3. The van der Waals surface area contributed by atoms with Crippen molar-refractivity contribution in [2.45, 2.75) is 220 Å². The van der Waals surface area contributed by atoms with Crippen molar-refractivity contribution in [3.05, 3.63) is 359 Å². The van der Waals surface area contributed by atoms with E-state index >= 15 is 0 Å². The molecule has 25 atom stereocenters. The molecule has 7 N–H and O–H groups in total. The molecule has 5 heterocycles. The molecule has 126 heavy (non-hydrogen) atoms. The van der Waals surface area contributed by atoms with Gasteiger partial charge in [-0.3, -0.25) is 0 Å². The first-order chi connectivity index (χ1) is 62.0. The molecule has 26 nitrogen and oxygen atoms in total. The summed E-state index contributed by atoms with van der Waals surface area (Å²) >= 11 is 0. The van der Waals surface area contributed by atoms with Gasteiger partial charge in [-0.1, -0.05) is 303 Å². The van der Waals surface area contributed by atoms with Crippen LogP contribution in [0.4, 0.5) is 0 Å². The molecule has 0 aromatic heterocycles. The van der Waals surface area contributed by atoms with Crippen LogP contribution in [0, 0.1) is 0 Å². The molecule has 26 heteroatoms. The van der Waals surface area contributed by atoms with Crippen LogP contribution in [0.2, 0.25) is 0 Å². The lowest BCUT2D eigenvalue weighted by molar-refractivity contribution is -0.346. The van der Waals surface area contributed by atoms with Gasteiger partial charge >= 0.3 is 0 Å². The van der Waals surface area contributed by atoms with Crippen molar-refractivity contribution in [3.8, 4) is 0 Å². The van der Waals surface area contributed by atoms with Gasteiger partial charge in [-0.25, -0.2) is 0 Å². The topological polar surface area (TPSA) is 317 Å². The Kier molecular flexibility index (Phi) is 34.6. The largest absolute Gasteiger partial charge is 0.394 e. The Morgan fingerprint density at radius 2 is 0.540 bits per heavy atom. The molecule has 10 aromatic rings. The van der Waals surface area contributed by atoms with Crippen LogP contribution in [0.15, 0.2) is 303 Å². The summed E-state index contributed by atoms with van der Waals surface area (Å²) in [6.07, 6.45) is -34.5. The van der Waals surface area contributed by atoms with Crippen LogP contribution in [-0.2, 0) is 156 Å². The van der Waals surface area contributed by atoms with Crippen LogP contribution in [-0.4, -0.2) is 222 Å². The fourth-order valence-corrected chi connectivity index (χ4v) is 16.2. The Balaban J connectivity index is 0.822. The smallest absolute Gasteiger partial charge is 0.187 e. The van der Waals surface area contributed by atoms with Gasteiger partial charge in [0.15, 0.2) is 31.5 Å². The van der Waals surface area contributed by atoms with Crippen LogP contribution in [0.3, 0.4) is 0 Å². The summed E-state index contributed by atoms with van der Waals surface area (Å²) < 4.78 is 133. The van der Waals surface area contributed by atoms with Gasteiger partial charge in [-0.2, -0.15) is 0 Å². The molecular weight excluding hydrogens is 1620 g/mol. The molecule has 5 aliphatic heterocycles. The monoisotopic (exact) mass is 1730 g/mol. The van der Waals surface area contributed by atoms with E-state index in [2.05, 4.69) is 0 Å². The van der Waals surface area contributed by atoms with Crippen LogP contribution in [0.25, 0.3) is 0 Å². The average molecular weight is 1730 g/mol. The van der Waals surface area contributed by atoms with Crippen LogP contribution < -0.4 is 0 Å². The zero-order chi connectivity index (χ0) is 86.6. The highest BCUT2D eigenvalue weighted by Crippen LogP contribution is 2.43. The molecule has 15 rings (SSSR count). The molecule has 668 valence electrons. The number of hydrogen-bond acceptors (Lipinski definition) is 26. The Morgan fingerprint density at radius 3 is 0.913 bits per heavy atom. The Morgan fingerprint density at radius 1 is 0.254 bits per heavy atom. The lowest BCUT2D eigenvalue weighted by Crippen LogP contribution is -2.62. The fraction of sp³-hybridized carbons (Fsp3) is 0.400. The second kappa shape index (κ2) is 47.5. The third kappa shape index (κ3) is 25.0. The van der Waals surface area contributed by atoms with Crippen molar-refractivity contribution in [2.24, 2.45) is 0 Å². The lowest BCUT2D eigenvalue weighted by Gasteiger charge is -2.45. The third-order valence-corrected chi connectivity index (χ3v) is 22.8. The molecule has 10 aromatic carbocycles. The Bertz CT molecular complexity index is 4680. The molecule has 5 saturated heterocycles. The Labute approximate surface area is 733 Å². The van der Waals surface area contributed by atoms with E-state index in [1.165, 1.54) is 0 Å². The summed E-state index contributed by atoms with van der Waals surface area (Å²) in [6, 6.07) is 94.7. The average Bonchev–Trinajstić information content (AvgIpc) is 1.59. The summed E-state index contributed by atoms with van der Waals surface area (Å²) in [5.41, 5.74) is 7.87. The highest BCUT2D eigenvalue weighted by atomic mass is 16.8. The lowest BCUT2D eigenvalue weighted by atomic mass is 9.98. The third-order valence-electron chi connectivity index (χ3n) is 22.8. The van der Waals surface area contributed by atoms with Gasteiger partial charge in [0.05, 0.1) is 99.1 Å². The van der Waals surface area contributed by atoms with Crippen LogP contribution in [0.1, 0.15) is 55.6 Å². The van der Waals surface area contributed by atoms with Crippen molar-refractivity contribution in [1.29, 1.82) is 0 Å². The number of ether oxygens (including phenoxy) is 19. The summed E-state index contributed by atoms with van der Waals surface area (Å²) in [5.74, 6) is 0. The number of aliphatic hydroxyl groups is 7. The van der Waals surface area contributed by atoms with E-state index in [-0.39, 0.29) is 79.3 Å². The summed E-state index contributed by atoms with van der Waals surface area (Å²) in [4.78, 5) is 0. The zero-order valence-electron chi connectivity index (χ0n) is 69.8. The molecule has 0 bridgehead atoms.